The van der Waals surface area contributed by atoms with Crippen molar-refractivity contribution in [3.8, 4) is 0 Å². The second kappa shape index (κ2) is 7.86. The molecule has 1 aromatic heterocycles. The fourth-order valence-electron chi connectivity index (χ4n) is 2.42. The summed E-state index contributed by atoms with van der Waals surface area (Å²) < 4.78 is 14.0. The minimum atomic E-state index is -0.158. The number of benzene rings is 1. The van der Waals surface area contributed by atoms with Crippen LogP contribution < -0.4 is 5.32 Å². The van der Waals surface area contributed by atoms with E-state index in [-0.39, 0.29) is 11.9 Å². The zero-order chi connectivity index (χ0) is 15.1. The van der Waals surface area contributed by atoms with Crippen molar-refractivity contribution in [1.29, 1.82) is 0 Å². The normalized spacial score (nSPS) is 12.6. The fourth-order valence-corrected chi connectivity index (χ4v) is 2.42. The van der Waals surface area contributed by atoms with Gasteiger partial charge in [-0.3, -0.25) is 9.88 Å². The van der Waals surface area contributed by atoms with Gasteiger partial charge in [-0.05, 0) is 31.8 Å². The maximum absolute atomic E-state index is 14.0. The average Bonchev–Trinajstić information content (AvgIpc) is 2.48. The van der Waals surface area contributed by atoms with Crippen LogP contribution in [0.15, 0.2) is 48.7 Å². The molecule has 21 heavy (non-hydrogen) atoms. The predicted octanol–water partition coefficient (Wildman–Crippen LogP) is 3.00. The molecule has 3 nitrogen and oxygen atoms in total. The van der Waals surface area contributed by atoms with Crippen molar-refractivity contribution in [3.63, 3.8) is 0 Å². The SMILES string of the molecule is CCNC(CN(C)Cc1ccccn1)c1ccccc1F. The van der Waals surface area contributed by atoms with Gasteiger partial charge in [0, 0.05) is 30.9 Å². The Balaban J connectivity index is 2.04. The van der Waals surface area contributed by atoms with Gasteiger partial charge in [0.2, 0.25) is 0 Å². The highest BCUT2D eigenvalue weighted by molar-refractivity contribution is 5.21. The Morgan fingerprint density at radius 1 is 1.19 bits per heavy atom. The van der Waals surface area contributed by atoms with Crippen molar-refractivity contribution in [3.05, 3.63) is 65.7 Å². The van der Waals surface area contributed by atoms with Gasteiger partial charge in [0.05, 0.1) is 5.69 Å². The third kappa shape index (κ3) is 4.62. The Hall–Kier alpha value is -1.78. The Morgan fingerprint density at radius 3 is 2.62 bits per heavy atom. The third-order valence-electron chi connectivity index (χ3n) is 3.38. The van der Waals surface area contributed by atoms with E-state index in [9.17, 15) is 4.39 Å². The van der Waals surface area contributed by atoms with Crippen LogP contribution >= 0.6 is 0 Å². The highest BCUT2D eigenvalue weighted by atomic mass is 19.1. The molecule has 4 heteroatoms. The number of likely N-dealkylation sites (N-methyl/N-ethyl adjacent to an activating group) is 2. The van der Waals surface area contributed by atoms with Gasteiger partial charge < -0.3 is 5.32 Å². The fraction of sp³-hybridized carbons (Fsp3) is 0.353. The molecule has 1 atom stereocenters. The van der Waals surface area contributed by atoms with Crippen LogP contribution in [0.25, 0.3) is 0 Å². The monoisotopic (exact) mass is 287 g/mol. The van der Waals surface area contributed by atoms with E-state index in [1.165, 1.54) is 6.07 Å². The average molecular weight is 287 g/mol. The van der Waals surface area contributed by atoms with Gasteiger partial charge in [0.15, 0.2) is 0 Å². The first-order valence-electron chi connectivity index (χ1n) is 7.27. The summed E-state index contributed by atoms with van der Waals surface area (Å²) in [6.07, 6.45) is 1.79. The molecule has 0 fully saturated rings. The molecule has 0 amide bonds. The smallest absolute Gasteiger partial charge is 0.128 e. The van der Waals surface area contributed by atoms with Gasteiger partial charge in [-0.2, -0.15) is 0 Å². The molecular formula is C17H22FN3. The zero-order valence-electron chi connectivity index (χ0n) is 12.6. The summed E-state index contributed by atoms with van der Waals surface area (Å²) in [5.41, 5.74) is 1.73. The van der Waals surface area contributed by atoms with Gasteiger partial charge >= 0.3 is 0 Å². The van der Waals surface area contributed by atoms with E-state index in [1.807, 2.05) is 44.3 Å². The van der Waals surface area contributed by atoms with E-state index in [0.29, 0.717) is 5.56 Å². The van der Waals surface area contributed by atoms with E-state index in [2.05, 4.69) is 15.2 Å². The first-order chi connectivity index (χ1) is 10.2. The minimum Gasteiger partial charge on any atom is -0.309 e. The predicted molar refractivity (Wildman–Crippen MR) is 83.4 cm³/mol. The van der Waals surface area contributed by atoms with Crippen molar-refractivity contribution in [2.45, 2.75) is 19.5 Å². The number of rotatable bonds is 7. The molecule has 0 aliphatic rings. The van der Waals surface area contributed by atoms with Gasteiger partial charge in [-0.15, -0.1) is 0 Å². The van der Waals surface area contributed by atoms with E-state index < -0.39 is 0 Å². The van der Waals surface area contributed by atoms with E-state index >= 15 is 0 Å². The molecule has 1 heterocycles. The highest BCUT2D eigenvalue weighted by Crippen LogP contribution is 2.18. The van der Waals surface area contributed by atoms with Crippen LogP contribution in [0.4, 0.5) is 4.39 Å². The number of halogens is 1. The highest BCUT2D eigenvalue weighted by Gasteiger charge is 2.16. The van der Waals surface area contributed by atoms with Gasteiger partial charge in [0.25, 0.3) is 0 Å². The standard InChI is InChI=1S/C17H22FN3/c1-3-19-17(15-9-4-5-10-16(15)18)13-21(2)12-14-8-6-7-11-20-14/h4-11,17,19H,3,12-13H2,1-2H3. The summed E-state index contributed by atoms with van der Waals surface area (Å²) in [5, 5.41) is 3.35. The van der Waals surface area contributed by atoms with Crippen molar-refractivity contribution < 1.29 is 4.39 Å². The molecule has 0 bridgehead atoms. The van der Waals surface area contributed by atoms with Crippen LogP contribution in [-0.2, 0) is 6.54 Å². The lowest BCUT2D eigenvalue weighted by Gasteiger charge is -2.25. The summed E-state index contributed by atoms with van der Waals surface area (Å²) in [5.74, 6) is -0.158. The summed E-state index contributed by atoms with van der Waals surface area (Å²) in [7, 11) is 2.03. The Bertz CT molecular complexity index is 545. The quantitative estimate of drug-likeness (QED) is 0.848. The minimum absolute atomic E-state index is 0.0232. The Morgan fingerprint density at radius 2 is 1.95 bits per heavy atom. The summed E-state index contributed by atoms with van der Waals surface area (Å²) in [6.45, 7) is 4.31. The number of hydrogen-bond acceptors (Lipinski definition) is 3. The van der Waals surface area contributed by atoms with Crippen molar-refractivity contribution in [2.24, 2.45) is 0 Å². The van der Waals surface area contributed by atoms with Crippen LogP contribution in [0, 0.1) is 5.82 Å². The van der Waals surface area contributed by atoms with Gasteiger partial charge in [-0.1, -0.05) is 31.2 Å². The van der Waals surface area contributed by atoms with Crippen LogP contribution in [0.2, 0.25) is 0 Å². The van der Waals surface area contributed by atoms with E-state index in [1.54, 1.807) is 12.3 Å². The zero-order valence-corrected chi connectivity index (χ0v) is 12.6. The van der Waals surface area contributed by atoms with E-state index in [4.69, 9.17) is 0 Å². The van der Waals surface area contributed by atoms with Crippen LogP contribution in [0.3, 0.4) is 0 Å². The number of nitrogens with zero attached hydrogens (tertiary/aromatic N) is 2. The number of aromatic nitrogens is 1. The van der Waals surface area contributed by atoms with Crippen molar-refractivity contribution >= 4 is 0 Å². The number of nitrogens with one attached hydrogen (secondary N) is 1. The molecule has 0 radical (unpaired) electrons. The number of hydrogen-bond donors (Lipinski definition) is 1. The molecule has 0 aliphatic carbocycles. The summed E-state index contributed by atoms with van der Waals surface area (Å²) in [6, 6.07) is 12.8. The maximum Gasteiger partial charge on any atom is 0.128 e. The molecule has 1 unspecified atom stereocenters. The number of pyridine rings is 1. The second-order valence-corrected chi connectivity index (χ2v) is 5.15. The van der Waals surface area contributed by atoms with Crippen molar-refractivity contribution in [1.82, 2.24) is 15.2 Å². The van der Waals surface area contributed by atoms with Gasteiger partial charge in [0.1, 0.15) is 5.82 Å². The third-order valence-corrected chi connectivity index (χ3v) is 3.38. The Kier molecular flexibility index (Phi) is 5.84. The molecule has 2 rings (SSSR count). The maximum atomic E-state index is 14.0. The molecule has 1 N–H and O–H groups in total. The first kappa shape index (κ1) is 15.6. The lowest BCUT2D eigenvalue weighted by Crippen LogP contribution is -2.33. The lowest BCUT2D eigenvalue weighted by molar-refractivity contribution is 0.279. The molecule has 0 aliphatic heterocycles. The molecule has 0 saturated carbocycles. The second-order valence-electron chi connectivity index (χ2n) is 5.15. The summed E-state index contributed by atoms with van der Waals surface area (Å²) in [4.78, 5) is 6.48. The molecule has 112 valence electrons. The topological polar surface area (TPSA) is 28.2 Å². The molecule has 1 aromatic carbocycles. The largest absolute Gasteiger partial charge is 0.309 e. The first-order valence-corrected chi connectivity index (χ1v) is 7.27. The van der Waals surface area contributed by atoms with Crippen LogP contribution in [0.5, 0.6) is 0 Å². The van der Waals surface area contributed by atoms with Crippen LogP contribution in [0.1, 0.15) is 24.2 Å². The molecular weight excluding hydrogens is 265 g/mol. The van der Waals surface area contributed by atoms with Crippen molar-refractivity contribution in [2.75, 3.05) is 20.1 Å². The van der Waals surface area contributed by atoms with E-state index in [0.717, 1.165) is 25.3 Å². The molecule has 0 spiro atoms. The van der Waals surface area contributed by atoms with Gasteiger partial charge in [-0.25, -0.2) is 4.39 Å². The lowest BCUT2D eigenvalue weighted by atomic mass is 10.1. The molecule has 0 saturated heterocycles. The molecule has 2 aromatic rings. The Labute approximate surface area is 125 Å². The summed E-state index contributed by atoms with van der Waals surface area (Å²) >= 11 is 0. The van der Waals surface area contributed by atoms with Crippen LogP contribution in [-0.4, -0.2) is 30.0 Å².